The Morgan fingerprint density at radius 3 is 2.38 bits per heavy atom. The Bertz CT molecular complexity index is 293. The number of rotatable bonds is 7. The van der Waals surface area contributed by atoms with Crippen molar-refractivity contribution in [1.29, 1.82) is 0 Å². The summed E-state index contributed by atoms with van der Waals surface area (Å²) >= 11 is 0. The highest BCUT2D eigenvalue weighted by Gasteiger charge is 2.37. The molecule has 3 nitrogen and oxygen atoms in total. The first-order chi connectivity index (χ1) is 10.1. The van der Waals surface area contributed by atoms with Crippen molar-refractivity contribution >= 4 is 0 Å². The molecule has 1 saturated carbocycles. The van der Waals surface area contributed by atoms with Crippen LogP contribution in [0.3, 0.4) is 0 Å². The van der Waals surface area contributed by atoms with Crippen molar-refractivity contribution in [2.45, 2.75) is 58.9 Å². The molecule has 2 fully saturated rings. The van der Waals surface area contributed by atoms with Crippen LogP contribution < -0.4 is 5.32 Å². The van der Waals surface area contributed by atoms with Crippen molar-refractivity contribution in [3.63, 3.8) is 0 Å². The van der Waals surface area contributed by atoms with Crippen molar-refractivity contribution in [3.8, 4) is 0 Å². The van der Waals surface area contributed by atoms with Gasteiger partial charge in [-0.15, -0.1) is 0 Å². The lowest BCUT2D eigenvalue weighted by Gasteiger charge is -2.42. The first kappa shape index (κ1) is 17.2. The zero-order chi connectivity index (χ0) is 15.3. The highest BCUT2D eigenvalue weighted by molar-refractivity contribution is 4.92. The molecule has 1 aliphatic heterocycles. The normalized spacial score (nSPS) is 34.7. The van der Waals surface area contributed by atoms with Crippen LogP contribution in [0.5, 0.6) is 0 Å². The molecule has 1 heterocycles. The predicted molar refractivity (Wildman–Crippen MR) is 91.8 cm³/mol. The zero-order valence-electron chi connectivity index (χ0n) is 14.8. The van der Waals surface area contributed by atoms with Crippen LogP contribution in [-0.2, 0) is 0 Å². The molecule has 3 heteroatoms. The van der Waals surface area contributed by atoms with Gasteiger partial charge in [0.15, 0.2) is 0 Å². The van der Waals surface area contributed by atoms with E-state index in [1.807, 2.05) is 0 Å². The fourth-order valence-electron chi connectivity index (χ4n) is 4.61. The van der Waals surface area contributed by atoms with Crippen molar-refractivity contribution in [3.05, 3.63) is 0 Å². The first-order valence-corrected chi connectivity index (χ1v) is 9.23. The number of hydrogen-bond acceptors (Lipinski definition) is 3. The van der Waals surface area contributed by atoms with Crippen LogP contribution in [0.2, 0.25) is 0 Å². The van der Waals surface area contributed by atoms with Gasteiger partial charge in [0.2, 0.25) is 0 Å². The minimum Gasteiger partial charge on any atom is -0.319 e. The lowest BCUT2D eigenvalue weighted by atomic mass is 9.70. The van der Waals surface area contributed by atoms with E-state index >= 15 is 0 Å². The van der Waals surface area contributed by atoms with Gasteiger partial charge in [-0.1, -0.05) is 33.6 Å². The van der Waals surface area contributed by atoms with E-state index in [4.69, 9.17) is 0 Å². The summed E-state index contributed by atoms with van der Waals surface area (Å²) in [5, 5.41) is 3.49. The molecule has 0 aromatic carbocycles. The summed E-state index contributed by atoms with van der Waals surface area (Å²) < 4.78 is 0. The van der Waals surface area contributed by atoms with Crippen LogP contribution >= 0.6 is 0 Å². The number of likely N-dealkylation sites (tertiary alicyclic amines) is 1. The van der Waals surface area contributed by atoms with Crippen molar-refractivity contribution in [2.24, 2.45) is 11.3 Å². The molecule has 1 atom stereocenters. The highest BCUT2D eigenvalue weighted by atomic mass is 15.3. The molecule has 2 aliphatic rings. The Hall–Kier alpha value is -0.120. The first-order valence-electron chi connectivity index (χ1n) is 9.23. The van der Waals surface area contributed by atoms with Gasteiger partial charge in [-0.05, 0) is 57.3 Å². The molecule has 2 rings (SSSR count). The molecule has 0 bridgehead atoms. The van der Waals surface area contributed by atoms with E-state index < -0.39 is 0 Å². The fourth-order valence-corrected chi connectivity index (χ4v) is 4.61. The smallest absolute Gasteiger partial charge is 0.0235 e. The molecule has 1 unspecified atom stereocenters. The van der Waals surface area contributed by atoms with E-state index in [0.29, 0.717) is 5.41 Å². The standard InChI is InChI=1S/C18H37N3/c1-5-21(6-2)17-9-12-20(13-17)15-18(14-19-4)10-7-16(3)8-11-18/h16-17,19H,5-15H2,1-4H3. The third kappa shape index (κ3) is 4.43. The molecule has 0 amide bonds. The number of nitrogens with zero attached hydrogens (tertiary/aromatic N) is 2. The fraction of sp³-hybridized carbons (Fsp3) is 1.00. The average Bonchev–Trinajstić information content (AvgIpc) is 2.92. The molecule has 21 heavy (non-hydrogen) atoms. The molecule has 1 saturated heterocycles. The van der Waals surface area contributed by atoms with Crippen LogP contribution in [0.15, 0.2) is 0 Å². The van der Waals surface area contributed by atoms with Crippen LogP contribution in [0.25, 0.3) is 0 Å². The maximum Gasteiger partial charge on any atom is 0.0235 e. The predicted octanol–water partition coefficient (Wildman–Crippen LogP) is 2.82. The summed E-state index contributed by atoms with van der Waals surface area (Å²) in [6, 6.07) is 0.800. The lowest BCUT2D eigenvalue weighted by molar-refractivity contribution is 0.0949. The van der Waals surface area contributed by atoms with Crippen LogP contribution in [0, 0.1) is 11.3 Å². The van der Waals surface area contributed by atoms with E-state index in [1.165, 1.54) is 71.4 Å². The Morgan fingerprint density at radius 1 is 1.14 bits per heavy atom. The summed E-state index contributed by atoms with van der Waals surface area (Å²) in [6.45, 7) is 14.6. The van der Waals surface area contributed by atoms with Crippen LogP contribution in [-0.4, -0.2) is 62.2 Å². The average molecular weight is 296 g/mol. The van der Waals surface area contributed by atoms with E-state index in [9.17, 15) is 0 Å². The molecule has 124 valence electrons. The molecule has 0 radical (unpaired) electrons. The highest BCUT2D eigenvalue weighted by Crippen LogP contribution is 2.39. The van der Waals surface area contributed by atoms with Gasteiger partial charge in [0.25, 0.3) is 0 Å². The van der Waals surface area contributed by atoms with Gasteiger partial charge < -0.3 is 10.2 Å². The number of hydrogen-bond donors (Lipinski definition) is 1. The van der Waals surface area contributed by atoms with Gasteiger partial charge in [0.05, 0.1) is 0 Å². The Balaban J connectivity index is 1.90. The lowest BCUT2D eigenvalue weighted by Crippen LogP contribution is -2.46. The quantitative estimate of drug-likeness (QED) is 0.779. The van der Waals surface area contributed by atoms with Crippen LogP contribution in [0.1, 0.15) is 52.9 Å². The Morgan fingerprint density at radius 2 is 1.81 bits per heavy atom. The monoisotopic (exact) mass is 295 g/mol. The molecular weight excluding hydrogens is 258 g/mol. The summed E-state index contributed by atoms with van der Waals surface area (Å²) in [4.78, 5) is 5.41. The Kier molecular flexibility index (Phi) is 6.51. The number of likely N-dealkylation sites (N-methyl/N-ethyl adjacent to an activating group) is 1. The largest absolute Gasteiger partial charge is 0.319 e. The van der Waals surface area contributed by atoms with Crippen molar-refractivity contribution in [1.82, 2.24) is 15.1 Å². The second-order valence-corrected chi connectivity index (χ2v) is 7.61. The third-order valence-corrected chi connectivity index (χ3v) is 6.02. The third-order valence-electron chi connectivity index (χ3n) is 6.02. The SMILES string of the molecule is CCN(CC)C1CCN(CC2(CNC)CCC(C)CC2)C1. The Labute approximate surface area is 132 Å². The second kappa shape index (κ2) is 7.94. The van der Waals surface area contributed by atoms with Crippen molar-refractivity contribution < 1.29 is 0 Å². The van der Waals surface area contributed by atoms with E-state index in [-0.39, 0.29) is 0 Å². The molecule has 0 spiro atoms. The topological polar surface area (TPSA) is 18.5 Å². The molecule has 1 N–H and O–H groups in total. The van der Waals surface area contributed by atoms with Gasteiger partial charge >= 0.3 is 0 Å². The minimum absolute atomic E-state index is 0.541. The van der Waals surface area contributed by atoms with E-state index in [0.717, 1.165) is 12.0 Å². The molecule has 0 aromatic rings. The zero-order valence-corrected chi connectivity index (χ0v) is 14.8. The molecule has 1 aliphatic carbocycles. The van der Waals surface area contributed by atoms with Gasteiger partial charge in [0, 0.05) is 25.7 Å². The molecular formula is C18H37N3. The summed E-state index contributed by atoms with van der Waals surface area (Å²) in [5.41, 5.74) is 0.541. The minimum atomic E-state index is 0.541. The summed E-state index contributed by atoms with van der Waals surface area (Å²) in [6.07, 6.45) is 7.06. The second-order valence-electron chi connectivity index (χ2n) is 7.61. The van der Waals surface area contributed by atoms with Gasteiger partial charge in [-0.2, -0.15) is 0 Å². The van der Waals surface area contributed by atoms with Gasteiger partial charge in [0.1, 0.15) is 0 Å². The summed E-state index contributed by atoms with van der Waals surface area (Å²) in [7, 11) is 2.13. The van der Waals surface area contributed by atoms with E-state index in [1.54, 1.807) is 0 Å². The summed E-state index contributed by atoms with van der Waals surface area (Å²) in [5.74, 6) is 0.942. The maximum absolute atomic E-state index is 3.49. The maximum atomic E-state index is 3.49. The van der Waals surface area contributed by atoms with Gasteiger partial charge in [-0.3, -0.25) is 4.90 Å². The molecule has 0 aromatic heterocycles. The number of nitrogens with one attached hydrogen (secondary N) is 1. The van der Waals surface area contributed by atoms with E-state index in [2.05, 4.69) is 42.9 Å². The van der Waals surface area contributed by atoms with Crippen molar-refractivity contribution in [2.75, 3.05) is 46.3 Å². The van der Waals surface area contributed by atoms with Crippen LogP contribution in [0.4, 0.5) is 0 Å². The van der Waals surface area contributed by atoms with Gasteiger partial charge in [-0.25, -0.2) is 0 Å².